The lowest BCUT2D eigenvalue weighted by Gasteiger charge is -2.26. The minimum atomic E-state index is 0.502. The number of nitrogens with one attached hydrogen (secondary N) is 1. The van der Waals surface area contributed by atoms with E-state index in [0.717, 1.165) is 12.5 Å². The van der Waals surface area contributed by atoms with Crippen LogP contribution in [0.5, 0.6) is 0 Å². The fourth-order valence-corrected chi connectivity index (χ4v) is 3.35. The quantitative estimate of drug-likeness (QED) is 0.554. The molecule has 0 aromatic carbocycles. The summed E-state index contributed by atoms with van der Waals surface area (Å²) < 4.78 is 5.67. The van der Waals surface area contributed by atoms with Crippen molar-refractivity contribution in [2.24, 2.45) is 11.8 Å². The van der Waals surface area contributed by atoms with E-state index in [9.17, 15) is 0 Å². The SMILES string of the molecule is NNC(CCC1CCCO1)CC1CCCCC1. The molecule has 3 heteroatoms. The summed E-state index contributed by atoms with van der Waals surface area (Å²) in [4.78, 5) is 0. The summed E-state index contributed by atoms with van der Waals surface area (Å²) in [6, 6.07) is 0.502. The standard InChI is InChI=1S/C14H28N2O/c15-16-13(8-9-14-7-4-10-17-14)11-12-5-2-1-3-6-12/h12-14,16H,1-11,15H2. The molecule has 0 radical (unpaired) electrons. The molecule has 2 unspecified atom stereocenters. The highest BCUT2D eigenvalue weighted by molar-refractivity contribution is 4.75. The molecule has 2 aliphatic rings. The second kappa shape index (κ2) is 7.34. The van der Waals surface area contributed by atoms with Gasteiger partial charge in [0.2, 0.25) is 0 Å². The summed E-state index contributed by atoms with van der Waals surface area (Å²) in [5, 5.41) is 0. The molecule has 17 heavy (non-hydrogen) atoms. The molecule has 0 aromatic heterocycles. The van der Waals surface area contributed by atoms with E-state index in [1.54, 1.807) is 0 Å². The van der Waals surface area contributed by atoms with Crippen LogP contribution in [0.1, 0.15) is 64.2 Å². The van der Waals surface area contributed by atoms with Crippen LogP contribution < -0.4 is 11.3 Å². The normalized spacial score (nSPS) is 28.4. The molecule has 0 spiro atoms. The van der Waals surface area contributed by atoms with Crippen LogP contribution in [-0.2, 0) is 4.74 Å². The van der Waals surface area contributed by atoms with Gasteiger partial charge in [-0.25, -0.2) is 0 Å². The van der Waals surface area contributed by atoms with E-state index in [0.29, 0.717) is 12.1 Å². The Balaban J connectivity index is 1.64. The molecule has 100 valence electrons. The summed E-state index contributed by atoms with van der Waals surface area (Å²) >= 11 is 0. The van der Waals surface area contributed by atoms with Gasteiger partial charge in [-0.2, -0.15) is 0 Å². The highest BCUT2D eigenvalue weighted by Gasteiger charge is 2.21. The number of hydrogen-bond donors (Lipinski definition) is 2. The molecular formula is C14H28N2O. The van der Waals surface area contributed by atoms with Crippen molar-refractivity contribution in [2.45, 2.75) is 76.4 Å². The lowest BCUT2D eigenvalue weighted by Crippen LogP contribution is -2.37. The van der Waals surface area contributed by atoms with Crippen molar-refractivity contribution >= 4 is 0 Å². The maximum Gasteiger partial charge on any atom is 0.0576 e. The number of nitrogens with two attached hydrogens (primary N) is 1. The predicted molar refractivity (Wildman–Crippen MR) is 70.5 cm³/mol. The van der Waals surface area contributed by atoms with Gasteiger partial charge in [0, 0.05) is 12.6 Å². The summed E-state index contributed by atoms with van der Waals surface area (Å²) in [6.45, 7) is 0.966. The van der Waals surface area contributed by atoms with Gasteiger partial charge >= 0.3 is 0 Å². The van der Waals surface area contributed by atoms with Crippen molar-refractivity contribution in [1.29, 1.82) is 0 Å². The molecular weight excluding hydrogens is 212 g/mol. The van der Waals surface area contributed by atoms with Crippen molar-refractivity contribution in [3.63, 3.8) is 0 Å². The lowest BCUT2D eigenvalue weighted by atomic mass is 9.84. The van der Waals surface area contributed by atoms with Crippen LogP contribution in [0.3, 0.4) is 0 Å². The summed E-state index contributed by atoms with van der Waals surface area (Å²) in [7, 11) is 0. The minimum Gasteiger partial charge on any atom is -0.378 e. The highest BCUT2D eigenvalue weighted by atomic mass is 16.5. The van der Waals surface area contributed by atoms with Crippen LogP contribution in [0.15, 0.2) is 0 Å². The van der Waals surface area contributed by atoms with Crippen molar-refractivity contribution in [3.05, 3.63) is 0 Å². The zero-order valence-corrected chi connectivity index (χ0v) is 11.0. The number of ether oxygens (including phenoxy) is 1. The predicted octanol–water partition coefficient (Wildman–Crippen LogP) is 2.75. The second-order valence-electron chi connectivity index (χ2n) is 5.82. The number of hydrogen-bond acceptors (Lipinski definition) is 3. The van der Waals surface area contributed by atoms with Crippen molar-refractivity contribution in [2.75, 3.05) is 6.61 Å². The molecule has 1 saturated carbocycles. The molecule has 2 atom stereocenters. The van der Waals surface area contributed by atoms with E-state index in [4.69, 9.17) is 10.6 Å². The van der Waals surface area contributed by atoms with E-state index in [1.165, 1.54) is 64.2 Å². The molecule has 0 bridgehead atoms. The Hall–Kier alpha value is -0.120. The monoisotopic (exact) mass is 240 g/mol. The molecule has 2 fully saturated rings. The van der Waals surface area contributed by atoms with Gasteiger partial charge in [0.25, 0.3) is 0 Å². The van der Waals surface area contributed by atoms with E-state index in [2.05, 4.69) is 5.43 Å². The maximum absolute atomic E-state index is 5.68. The van der Waals surface area contributed by atoms with Gasteiger partial charge in [-0.3, -0.25) is 11.3 Å². The Morgan fingerprint density at radius 1 is 1.12 bits per heavy atom. The smallest absolute Gasteiger partial charge is 0.0576 e. The lowest BCUT2D eigenvalue weighted by molar-refractivity contribution is 0.0982. The number of rotatable bonds is 6. The van der Waals surface area contributed by atoms with Crippen molar-refractivity contribution in [3.8, 4) is 0 Å². The fourth-order valence-electron chi connectivity index (χ4n) is 3.35. The molecule has 2 rings (SSSR count). The van der Waals surface area contributed by atoms with Crippen LogP contribution >= 0.6 is 0 Å². The van der Waals surface area contributed by atoms with Gasteiger partial charge in [0.05, 0.1) is 6.10 Å². The zero-order chi connectivity index (χ0) is 11.9. The second-order valence-corrected chi connectivity index (χ2v) is 5.82. The van der Waals surface area contributed by atoms with Gasteiger partial charge in [-0.15, -0.1) is 0 Å². The third kappa shape index (κ3) is 4.57. The first-order chi connectivity index (χ1) is 8.38. The zero-order valence-electron chi connectivity index (χ0n) is 11.0. The van der Waals surface area contributed by atoms with E-state index in [1.807, 2.05) is 0 Å². The molecule has 1 saturated heterocycles. The Labute approximate surface area is 105 Å². The topological polar surface area (TPSA) is 47.3 Å². The third-order valence-corrected chi connectivity index (χ3v) is 4.44. The molecule has 1 aliphatic carbocycles. The van der Waals surface area contributed by atoms with Crippen LogP contribution in [0.2, 0.25) is 0 Å². The van der Waals surface area contributed by atoms with Crippen molar-refractivity contribution < 1.29 is 4.74 Å². The van der Waals surface area contributed by atoms with Crippen LogP contribution in [-0.4, -0.2) is 18.8 Å². The van der Waals surface area contributed by atoms with Gasteiger partial charge in [0.1, 0.15) is 0 Å². The van der Waals surface area contributed by atoms with Crippen LogP contribution in [0.4, 0.5) is 0 Å². The number of hydrazine groups is 1. The van der Waals surface area contributed by atoms with E-state index < -0.39 is 0 Å². The molecule has 3 nitrogen and oxygen atoms in total. The maximum atomic E-state index is 5.68. The van der Waals surface area contributed by atoms with Gasteiger partial charge in [0.15, 0.2) is 0 Å². The summed E-state index contributed by atoms with van der Waals surface area (Å²) in [5.41, 5.74) is 3.02. The van der Waals surface area contributed by atoms with E-state index in [-0.39, 0.29) is 0 Å². The summed E-state index contributed by atoms with van der Waals surface area (Å²) in [5.74, 6) is 6.60. The van der Waals surface area contributed by atoms with Crippen LogP contribution in [0, 0.1) is 5.92 Å². The molecule has 0 aromatic rings. The third-order valence-electron chi connectivity index (χ3n) is 4.44. The minimum absolute atomic E-state index is 0.502. The molecule has 1 aliphatic heterocycles. The Kier molecular flexibility index (Phi) is 5.75. The average molecular weight is 240 g/mol. The molecule has 0 amide bonds. The van der Waals surface area contributed by atoms with Crippen LogP contribution in [0.25, 0.3) is 0 Å². The average Bonchev–Trinajstić information content (AvgIpc) is 2.89. The fraction of sp³-hybridized carbons (Fsp3) is 1.00. The largest absolute Gasteiger partial charge is 0.378 e. The first kappa shape index (κ1) is 13.3. The highest BCUT2D eigenvalue weighted by Crippen LogP contribution is 2.28. The van der Waals surface area contributed by atoms with Gasteiger partial charge < -0.3 is 4.74 Å². The Bertz CT molecular complexity index is 198. The van der Waals surface area contributed by atoms with E-state index >= 15 is 0 Å². The van der Waals surface area contributed by atoms with Gasteiger partial charge in [-0.05, 0) is 38.0 Å². The van der Waals surface area contributed by atoms with Crippen molar-refractivity contribution in [1.82, 2.24) is 5.43 Å². The summed E-state index contributed by atoms with van der Waals surface area (Å²) in [6.07, 6.45) is 13.7. The molecule has 1 heterocycles. The first-order valence-electron chi connectivity index (χ1n) is 7.46. The Morgan fingerprint density at radius 3 is 2.59 bits per heavy atom. The molecule has 3 N–H and O–H groups in total. The Morgan fingerprint density at radius 2 is 1.94 bits per heavy atom. The van der Waals surface area contributed by atoms with Gasteiger partial charge in [-0.1, -0.05) is 32.1 Å². The first-order valence-corrected chi connectivity index (χ1v) is 7.46.